The molecule has 5 aromatic rings. The highest BCUT2D eigenvalue weighted by molar-refractivity contribution is 5.94. The second kappa shape index (κ2) is 11.0. The molecular formula is C35H28FN3O5. The normalized spacial score (nSPS) is 14.4. The van der Waals surface area contributed by atoms with Gasteiger partial charge < -0.3 is 24.2 Å². The van der Waals surface area contributed by atoms with Crippen LogP contribution in [0.3, 0.4) is 0 Å². The molecule has 0 atom stereocenters. The zero-order chi connectivity index (χ0) is 30.4. The molecule has 220 valence electrons. The molecule has 1 N–H and O–H groups in total. The Morgan fingerprint density at radius 1 is 0.841 bits per heavy atom. The topological polar surface area (TPSA) is 92.1 Å². The third kappa shape index (κ3) is 4.66. The van der Waals surface area contributed by atoms with Gasteiger partial charge in [0.2, 0.25) is 5.43 Å². The van der Waals surface area contributed by atoms with Crippen molar-refractivity contribution in [2.75, 3.05) is 37.7 Å². The Bertz CT molecular complexity index is 1940. The smallest absolute Gasteiger partial charge is 0.409 e. The third-order valence-corrected chi connectivity index (χ3v) is 8.55. The SMILES string of the molecule is O=C(O)c1cn(-c2ccccc2)c2cc(N3CCN(C(=O)OCC4c5ccccc5-c5ccccc54)CC3)c(F)cc2c1=O. The number of para-hydroxylation sites is 1. The zero-order valence-corrected chi connectivity index (χ0v) is 23.7. The van der Waals surface area contributed by atoms with Crippen LogP contribution in [-0.4, -0.2) is 59.4 Å². The maximum absolute atomic E-state index is 15.5. The fraction of sp³-hybridized carbons (Fsp3) is 0.171. The molecule has 0 bridgehead atoms. The maximum Gasteiger partial charge on any atom is 0.409 e. The van der Waals surface area contributed by atoms with Gasteiger partial charge in [-0.05, 0) is 46.5 Å². The molecule has 1 aliphatic heterocycles. The highest BCUT2D eigenvalue weighted by Crippen LogP contribution is 2.44. The number of hydrogen-bond donors (Lipinski definition) is 1. The first-order valence-electron chi connectivity index (χ1n) is 14.4. The minimum absolute atomic E-state index is 0.0210. The van der Waals surface area contributed by atoms with E-state index in [0.29, 0.717) is 37.4 Å². The molecule has 1 fully saturated rings. The molecule has 1 aliphatic carbocycles. The molecule has 1 amide bonds. The number of benzene rings is 4. The second-order valence-corrected chi connectivity index (χ2v) is 11.0. The van der Waals surface area contributed by atoms with Crippen LogP contribution in [0.25, 0.3) is 27.7 Å². The van der Waals surface area contributed by atoms with Gasteiger partial charge >= 0.3 is 12.1 Å². The van der Waals surface area contributed by atoms with Crippen molar-refractivity contribution in [2.24, 2.45) is 0 Å². The number of rotatable bonds is 5. The number of ether oxygens (including phenoxy) is 1. The van der Waals surface area contributed by atoms with E-state index in [1.807, 2.05) is 35.2 Å². The number of hydrogen-bond acceptors (Lipinski definition) is 5. The van der Waals surface area contributed by atoms with Crippen molar-refractivity contribution in [3.05, 3.63) is 130 Å². The van der Waals surface area contributed by atoms with Crippen LogP contribution in [0.1, 0.15) is 27.4 Å². The molecule has 1 saturated heterocycles. The molecule has 0 unspecified atom stereocenters. The van der Waals surface area contributed by atoms with E-state index in [2.05, 4.69) is 24.3 Å². The molecule has 2 heterocycles. The number of nitrogens with zero attached hydrogens (tertiary/aromatic N) is 3. The predicted molar refractivity (Wildman–Crippen MR) is 165 cm³/mol. The molecule has 44 heavy (non-hydrogen) atoms. The number of aromatic nitrogens is 1. The first kappa shape index (κ1) is 27.4. The molecule has 0 spiro atoms. The minimum Gasteiger partial charge on any atom is -0.477 e. The third-order valence-electron chi connectivity index (χ3n) is 8.55. The second-order valence-electron chi connectivity index (χ2n) is 11.0. The molecule has 9 heteroatoms. The van der Waals surface area contributed by atoms with E-state index >= 15 is 4.39 Å². The number of aromatic carboxylic acids is 1. The van der Waals surface area contributed by atoms with Crippen LogP contribution < -0.4 is 10.3 Å². The van der Waals surface area contributed by atoms with Crippen molar-refractivity contribution >= 4 is 28.7 Å². The van der Waals surface area contributed by atoms with Crippen molar-refractivity contribution in [3.63, 3.8) is 0 Å². The van der Waals surface area contributed by atoms with Gasteiger partial charge in [0, 0.05) is 49.4 Å². The van der Waals surface area contributed by atoms with E-state index in [1.165, 1.54) is 6.20 Å². The molecule has 8 nitrogen and oxygen atoms in total. The van der Waals surface area contributed by atoms with E-state index in [1.54, 1.807) is 39.8 Å². The van der Waals surface area contributed by atoms with Crippen molar-refractivity contribution in [1.82, 2.24) is 9.47 Å². The molecule has 7 rings (SSSR count). The summed E-state index contributed by atoms with van der Waals surface area (Å²) < 4.78 is 22.9. The largest absolute Gasteiger partial charge is 0.477 e. The van der Waals surface area contributed by atoms with Gasteiger partial charge in [0.05, 0.1) is 11.2 Å². The van der Waals surface area contributed by atoms with Crippen molar-refractivity contribution in [3.8, 4) is 16.8 Å². The van der Waals surface area contributed by atoms with Crippen LogP contribution in [0.15, 0.2) is 102 Å². The van der Waals surface area contributed by atoms with Crippen molar-refractivity contribution in [2.45, 2.75) is 5.92 Å². The van der Waals surface area contributed by atoms with E-state index in [-0.39, 0.29) is 23.6 Å². The fourth-order valence-electron chi connectivity index (χ4n) is 6.35. The lowest BCUT2D eigenvalue weighted by molar-refractivity contribution is 0.0694. The summed E-state index contributed by atoms with van der Waals surface area (Å²) in [5.74, 6) is -2.05. The molecular weight excluding hydrogens is 561 g/mol. The number of halogens is 1. The standard InChI is InChI=1S/C35H28FN3O5/c36-30-18-27-31(39(22-8-2-1-3-9-22)20-28(33(27)40)34(41)42)19-32(30)37-14-16-38(17-15-37)35(43)44-21-29-25-12-6-4-10-23(25)24-11-5-7-13-26(24)29/h1-13,18-20,29H,14-17,21H2,(H,41,42). The Hall–Kier alpha value is -5.44. The summed E-state index contributed by atoms with van der Waals surface area (Å²) in [6, 6.07) is 28.0. The van der Waals surface area contributed by atoms with Crippen LogP contribution in [0.4, 0.5) is 14.9 Å². The minimum atomic E-state index is -1.38. The Kier molecular flexibility index (Phi) is 6.85. The number of carbonyl (C=O) groups excluding carboxylic acids is 1. The van der Waals surface area contributed by atoms with Crippen LogP contribution in [-0.2, 0) is 4.74 Å². The number of carboxylic acid groups (broad SMARTS) is 1. The van der Waals surface area contributed by atoms with Gasteiger partial charge in [0.25, 0.3) is 0 Å². The lowest BCUT2D eigenvalue weighted by atomic mass is 9.98. The van der Waals surface area contributed by atoms with Crippen molar-refractivity contribution < 1.29 is 23.8 Å². The Labute approximate surface area is 252 Å². The molecule has 1 aromatic heterocycles. The number of amides is 1. The highest BCUT2D eigenvalue weighted by atomic mass is 19.1. The Balaban J connectivity index is 1.09. The lowest BCUT2D eigenvalue weighted by Gasteiger charge is -2.36. The monoisotopic (exact) mass is 589 g/mol. The van der Waals surface area contributed by atoms with Gasteiger partial charge in [-0.2, -0.15) is 0 Å². The van der Waals surface area contributed by atoms with Crippen molar-refractivity contribution in [1.29, 1.82) is 0 Å². The fourth-order valence-corrected chi connectivity index (χ4v) is 6.35. The average molecular weight is 590 g/mol. The maximum atomic E-state index is 15.5. The Morgan fingerprint density at radius 3 is 2.09 bits per heavy atom. The van der Waals surface area contributed by atoms with Gasteiger partial charge in [0.1, 0.15) is 18.0 Å². The van der Waals surface area contributed by atoms with Gasteiger partial charge in [-0.15, -0.1) is 0 Å². The number of carboxylic acids is 1. The first-order valence-corrected chi connectivity index (χ1v) is 14.4. The lowest BCUT2D eigenvalue weighted by Crippen LogP contribution is -2.49. The van der Waals surface area contributed by atoms with Gasteiger partial charge in [-0.25, -0.2) is 14.0 Å². The number of carbonyl (C=O) groups is 2. The summed E-state index contributed by atoms with van der Waals surface area (Å²) in [4.78, 5) is 41.3. The van der Waals surface area contributed by atoms with Crippen LogP contribution >= 0.6 is 0 Å². The summed E-state index contributed by atoms with van der Waals surface area (Å²) in [6.45, 7) is 1.60. The summed E-state index contributed by atoms with van der Waals surface area (Å²) in [5, 5.41) is 9.60. The molecule has 2 aliphatic rings. The van der Waals surface area contributed by atoms with Gasteiger partial charge in [0.15, 0.2) is 0 Å². The van der Waals surface area contributed by atoms with Gasteiger partial charge in [-0.1, -0.05) is 66.7 Å². The number of pyridine rings is 1. The van der Waals surface area contributed by atoms with E-state index in [9.17, 15) is 19.5 Å². The van der Waals surface area contributed by atoms with Gasteiger partial charge in [-0.3, -0.25) is 4.79 Å². The first-order chi connectivity index (χ1) is 21.4. The van der Waals surface area contributed by atoms with Crippen LogP contribution in [0, 0.1) is 5.82 Å². The van der Waals surface area contributed by atoms with Crippen LogP contribution in [0.5, 0.6) is 0 Å². The quantitative estimate of drug-likeness (QED) is 0.275. The molecule has 0 saturated carbocycles. The van der Waals surface area contributed by atoms with E-state index in [4.69, 9.17) is 4.74 Å². The highest BCUT2D eigenvalue weighted by Gasteiger charge is 2.31. The zero-order valence-electron chi connectivity index (χ0n) is 23.7. The molecule has 0 radical (unpaired) electrons. The van der Waals surface area contributed by atoms with Crippen LogP contribution in [0.2, 0.25) is 0 Å². The Morgan fingerprint density at radius 2 is 1.45 bits per heavy atom. The summed E-state index contributed by atoms with van der Waals surface area (Å²) in [6.07, 6.45) is 0.864. The number of piperazine rings is 1. The summed E-state index contributed by atoms with van der Waals surface area (Å²) in [7, 11) is 0. The van der Waals surface area contributed by atoms with E-state index < -0.39 is 28.9 Å². The average Bonchev–Trinajstić information content (AvgIpc) is 3.37. The number of fused-ring (bicyclic) bond motifs is 4. The number of anilines is 1. The predicted octanol–water partition coefficient (Wildman–Crippen LogP) is 5.90. The van der Waals surface area contributed by atoms with E-state index in [0.717, 1.165) is 28.3 Å². The summed E-state index contributed by atoms with van der Waals surface area (Å²) in [5.41, 5.74) is 4.72. The summed E-state index contributed by atoms with van der Waals surface area (Å²) >= 11 is 0. The molecule has 4 aromatic carbocycles.